The first-order chi connectivity index (χ1) is 8.28. The van der Waals surface area contributed by atoms with Gasteiger partial charge in [-0.2, -0.15) is 0 Å². The molecule has 0 atom stereocenters. The molecule has 104 valence electrons. The van der Waals surface area contributed by atoms with Crippen LogP contribution in [0.4, 0.5) is 5.69 Å². The van der Waals surface area contributed by atoms with E-state index in [1.807, 2.05) is 0 Å². The number of hydrazine groups is 2. The lowest BCUT2D eigenvalue weighted by atomic mass is 10.3. The first-order valence-corrected chi connectivity index (χ1v) is 6.63. The predicted molar refractivity (Wildman–Crippen MR) is 82.0 cm³/mol. The van der Waals surface area contributed by atoms with Crippen molar-refractivity contribution in [2.45, 2.75) is 27.7 Å². The smallest absolute Gasteiger partial charge is 0.0707 e. The van der Waals surface area contributed by atoms with Crippen LogP contribution >= 0.6 is 12.4 Å². The van der Waals surface area contributed by atoms with Gasteiger partial charge < -0.3 is 0 Å². The zero-order valence-corrected chi connectivity index (χ0v) is 12.8. The molecule has 1 rings (SSSR count). The van der Waals surface area contributed by atoms with E-state index in [0.717, 1.165) is 26.2 Å². The third-order valence-electron chi connectivity index (χ3n) is 2.98. The minimum absolute atomic E-state index is 0. The molecule has 0 aliphatic carbocycles. The van der Waals surface area contributed by atoms with Crippen LogP contribution in [0.3, 0.4) is 0 Å². The first kappa shape index (κ1) is 17.2. The van der Waals surface area contributed by atoms with Crippen molar-refractivity contribution in [2.75, 3.05) is 31.3 Å². The van der Waals surface area contributed by atoms with E-state index in [1.54, 1.807) is 0 Å². The highest BCUT2D eigenvalue weighted by atomic mass is 35.5. The van der Waals surface area contributed by atoms with E-state index in [-0.39, 0.29) is 12.4 Å². The summed E-state index contributed by atoms with van der Waals surface area (Å²) >= 11 is 0. The molecule has 1 aromatic carbocycles. The molecule has 0 saturated heterocycles. The highest BCUT2D eigenvalue weighted by Crippen LogP contribution is 2.18. The molecule has 0 amide bonds. The number of rotatable bonds is 7. The summed E-state index contributed by atoms with van der Waals surface area (Å²) in [4.78, 5) is 0. The van der Waals surface area contributed by atoms with Crippen LogP contribution in [0.25, 0.3) is 0 Å². The average Bonchev–Trinajstić information content (AvgIpc) is 2.40. The van der Waals surface area contributed by atoms with E-state index in [0.29, 0.717) is 0 Å². The van der Waals surface area contributed by atoms with Crippen LogP contribution in [-0.4, -0.2) is 36.2 Å². The Labute approximate surface area is 118 Å². The Kier molecular flexibility index (Phi) is 8.81. The molecule has 4 heteroatoms. The summed E-state index contributed by atoms with van der Waals surface area (Å²) in [5.74, 6) is 0. The zero-order valence-electron chi connectivity index (χ0n) is 12.0. The summed E-state index contributed by atoms with van der Waals surface area (Å²) < 4.78 is 0. The number of hydrogen-bond acceptors (Lipinski definition) is 3. The summed E-state index contributed by atoms with van der Waals surface area (Å²) in [5.41, 5.74) is 1.24. The number of halogens is 1. The molecule has 0 fully saturated rings. The maximum atomic E-state index is 2.35. The summed E-state index contributed by atoms with van der Waals surface area (Å²) in [6, 6.07) is 10.6. The maximum Gasteiger partial charge on any atom is 0.0707 e. The summed E-state index contributed by atoms with van der Waals surface area (Å²) in [6.07, 6.45) is 0. The zero-order chi connectivity index (χ0) is 12.7. The van der Waals surface area contributed by atoms with E-state index in [1.165, 1.54) is 5.69 Å². The van der Waals surface area contributed by atoms with Crippen LogP contribution in [0.2, 0.25) is 0 Å². The Morgan fingerprint density at radius 3 is 1.44 bits per heavy atom. The van der Waals surface area contributed by atoms with Gasteiger partial charge in [0, 0.05) is 26.2 Å². The van der Waals surface area contributed by atoms with E-state index in [9.17, 15) is 0 Å². The fraction of sp³-hybridized carbons (Fsp3) is 0.571. The average molecular weight is 272 g/mol. The van der Waals surface area contributed by atoms with Gasteiger partial charge in [-0.25, -0.2) is 15.1 Å². The molecule has 18 heavy (non-hydrogen) atoms. The second-order valence-electron chi connectivity index (χ2n) is 3.90. The number of anilines is 1. The van der Waals surface area contributed by atoms with Crippen LogP contribution in [0, 0.1) is 0 Å². The molecule has 0 heterocycles. The lowest BCUT2D eigenvalue weighted by Crippen LogP contribution is -2.53. The molecule has 0 aliphatic rings. The van der Waals surface area contributed by atoms with Crippen LogP contribution in [-0.2, 0) is 0 Å². The van der Waals surface area contributed by atoms with Crippen molar-refractivity contribution in [3.05, 3.63) is 30.3 Å². The molecule has 0 saturated carbocycles. The van der Waals surface area contributed by atoms with Crippen molar-refractivity contribution in [3.8, 4) is 0 Å². The first-order valence-electron chi connectivity index (χ1n) is 6.63. The Hall–Kier alpha value is -0.770. The van der Waals surface area contributed by atoms with Gasteiger partial charge in [0.2, 0.25) is 0 Å². The molecule has 0 aromatic heterocycles. The molecule has 3 nitrogen and oxygen atoms in total. The SMILES string of the molecule is CCN(CC)N(c1ccccc1)N(CC)CC.Cl. The van der Waals surface area contributed by atoms with Crippen molar-refractivity contribution >= 4 is 18.1 Å². The summed E-state index contributed by atoms with van der Waals surface area (Å²) in [5, 5.41) is 7.00. The Bertz CT molecular complexity index is 285. The van der Waals surface area contributed by atoms with Gasteiger partial charge in [0.15, 0.2) is 0 Å². The third kappa shape index (κ3) is 4.16. The molecular formula is C14H26ClN3. The van der Waals surface area contributed by atoms with E-state index < -0.39 is 0 Å². The van der Waals surface area contributed by atoms with E-state index in [2.05, 4.69) is 73.2 Å². The molecule has 0 bridgehead atoms. The summed E-state index contributed by atoms with van der Waals surface area (Å²) in [6.45, 7) is 12.9. The van der Waals surface area contributed by atoms with Gasteiger partial charge in [-0.15, -0.1) is 12.4 Å². The molecule has 1 aromatic rings. The van der Waals surface area contributed by atoms with Gasteiger partial charge in [0.05, 0.1) is 5.69 Å². The Morgan fingerprint density at radius 2 is 1.11 bits per heavy atom. The van der Waals surface area contributed by atoms with Crippen LogP contribution in [0.15, 0.2) is 30.3 Å². The number of para-hydroxylation sites is 1. The largest absolute Gasteiger partial charge is 0.236 e. The molecule has 0 N–H and O–H groups in total. The second-order valence-corrected chi connectivity index (χ2v) is 3.90. The normalized spacial score (nSPS) is 10.6. The van der Waals surface area contributed by atoms with Gasteiger partial charge in [-0.3, -0.25) is 0 Å². The molecule has 0 radical (unpaired) electrons. The minimum atomic E-state index is 0. The minimum Gasteiger partial charge on any atom is -0.236 e. The molecule has 0 unspecified atom stereocenters. The third-order valence-corrected chi connectivity index (χ3v) is 2.98. The lowest BCUT2D eigenvalue weighted by Gasteiger charge is -2.42. The van der Waals surface area contributed by atoms with Crippen molar-refractivity contribution in [1.82, 2.24) is 10.0 Å². The monoisotopic (exact) mass is 271 g/mol. The topological polar surface area (TPSA) is 9.72 Å². The maximum absolute atomic E-state index is 2.35. The standard InChI is InChI=1S/C14H25N3.ClH/c1-5-15(6-2)17(16(7-3)8-4)14-12-10-9-11-13-14;/h9-13H,5-8H2,1-4H3;1H. The molecule has 0 aliphatic heterocycles. The fourth-order valence-electron chi connectivity index (χ4n) is 2.05. The molecule has 0 spiro atoms. The van der Waals surface area contributed by atoms with Crippen molar-refractivity contribution < 1.29 is 0 Å². The molecular weight excluding hydrogens is 246 g/mol. The Balaban J connectivity index is 0.00000289. The second kappa shape index (κ2) is 9.20. The van der Waals surface area contributed by atoms with Gasteiger partial charge >= 0.3 is 0 Å². The lowest BCUT2D eigenvalue weighted by molar-refractivity contribution is 0.114. The van der Waals surface area contributed by atoms with Gasteiger partial charge in [0.25, 0.3) is 0 Å². The predicted octanol–water partition coefficient (Wildman–Crippen LogP) is 3.43. The van der Waals surface area contributed by atoms with Gasteiger partial charge in [0.1, 0.15) is 0 Å². The van der Waals surface area contributed by atoms with Crippen molar-refractivity contribution in [1.29, 1.82) is 0 Å². The number of benzene rings is 1. The number of hydrogen-bond donors (Lipinski definition) is 0. The highest BCUT2D eigenvalue weighted by Gasteiger charge is 2.18. The Morgan fingerprint density at radius 1 is 0.722 bits per heavy atom. The van der Waals surface area contributed by atoms with E-state index in [4.69, 9.17) is 0 Å². The van der Waals surface area contributed by atoms with Crippen LogP contribution < -0.4 is 5.12 Å². The number of nitrogens with zero attached hydrogens (tertiary/aromatic N) is 3. The quantitative estimate of drug-likeness (QED) is 0.704. The van der Waals surface area contributed by atoms with Crippen LogP contribution in [0.1, 0.15) is 27.7 Å². The van der Waals surface area contributed by atoms with Crippen molar-refractivity contribution in [3.63, 3.8) is 0 Å². The summed E-state index contributed by atoms with van der Waals surface area (Å²) in [7, 11) is 0. The van der Waals surface area contributed by atoms with Crippen LogP contribution in [0.5, 0.6) is 0 Å². The van der Waals surface area contributed by atoms with E-state index >= 15 is 0 Å². The van der Waals surface area contributed by atoms with Gasteiger partial charge in [-0.05, 0) is 12.1 Å². The van der Waals surface area contributed by atoms with Crippen molar-refractivity contribution in [2.24, 2.45) is 0 Å². The van der Waals surface area contributed by atoms with Gasteiger partial charge in [-0.1, -0.05) is 45.9 Å². The highest BCUT2D eigenvalue weighted by molar-refractivity contribution is 5.85. The fourth-order valence-corrected chi connectivity index (χ4v) is 2.05.